The lowest BCUT2D eigenvalue weighted by Gasteiger charge is -2.09. The number of hydrogen-bond acceptors (Lipinski definition) is 6. The van der Waals surface area contributed by atoms with Crippen molar-refractivity contribution in [3.8, 4) is 5.95 Å². The number of fused-ring (bicyclic) bond motifs is 1. The number of aromatic amines is 1. The van der Waals surface area contributed by atoms with Gasteiger partial charge in [-0.05, 0) is 24.6 Å². The van der Waals surface area contributed by atoms with Gasteiger partial charge in [0.15, 0.2) is 5.65 Å². The first-order valence-electron chi connectivity index (χ1n) is 9.84. The van der Waals surface area contributed by atoms with E-state index in [1.807, 2.05) is 24.3 Å². The van der Waals surface area contributed by atoms with Crippen molar-refractivity contribution in [3.05, 3.63) is 58.1 Å². The second kappa shape index (κ2) is 8.38. The number of H-pyrrole nitrogens is 1. The second-order valence-corrected chi connectivity index (χ2v) is 9.16. The summed E-state index contributed by atoms with van der Waals surface area (Å²) in [5.74, 6) is 0.452. The van der Waals surface area contributed by atoms with Crippen molar-refractivity contribution >= 4 is 34.5 Å². The number of carbonyl (C=O) groups excluding carboxylic acids is 1. The molecule has 3 aromatic heterocycles. The summed E-state index contributed by atoms with van der Waals surface area (Å²) in [4.78, 5) is 33.4. The molecule has 4 rings (SSSR count). The summed E-state index contributed by atoms with van der Waals surface area (Å²) in [6.07, 6.45) is 1.69. The molecule has 0 unspecified atom stereocenters. The summed E-state index contributed by atoms with van der Waals surface area (Å²) in [6, 6.07) is 9.71. The van der Waals surface area contributed by atoms with Gasteiger partial charge in [0.2, 0.25) is 11.9 Å². The van der Waals surface area contributed by atoms with Gasteiger partial charge in [-0.2, -0.15) is 19.9 Å². The summed E-state index contributed by atoms with van der Waals surface area (Å²) >= 11 is 1.78. The van der Waals surface area contributed by atoms with Crippen LogP contribution in [0.1, 0.15) is 25.1 Å². The number of rotatable bonds is 6. The van der Waals surface area contributed by atoms with Crippen molar-refractivity contribution in [3.63, 3.8) is 0 Å². The topological polar surface area (TPSA) is 110 Å². The van der Waals surface area contributed by atoms with Crippen molar-refractivity contribution in [2.24, 2.45) is 7.05 Å². The van der Waals surface area contributed by atoms with E-state index in [-0.39, 0.29) is 23.8 Å². The van der Waals surface area contributed by atoms with E-state index in [1.54, 1.807) is 31.8 Å². The molecule has 0 bridgehead atoms. The molecule has 0 aliphatic heterocycles. The number of amides is 1. The third-order valence-corrected chi connectivity index (χ3v) is 5.56. The van der Waals surface area contributed by atoms with Crippen LogP contribution in [0.3, 0.4) is 0 Å². The largest absolute Gasteiger partial charge is 0.310 e. The highest BCUT2D eigenvalue weighted by atomic mass is 32.2. The Morgan fingerprint density at radius 3 is 2.71 bits per heavy atom. The van der Waals surface area contributed by atoms with Crippen LogP contribution in [0.15, 0.2) is 46.2 Å². The lowest BCUT2D eigenvalue weighted by Crippen LogP contribution is -2.20. The Balaban J connectivity index is 1.56. The molecule has 9 nitrogen and oxygen atoms in total. The molecule has 0 atom stereocenters. The van der Waals surface area contributed by atoms with Crippen LogP contribution in [0.4, 0.5) is 5.82 Å². The Labute approximate surface area is 182 Å². The standard InChI is InChI=1S/C21H23N7O2S/c1-12(2)31-15-7-5-14(6-8-15)10-18(29)23-17-9-13(3)26-28(17)21-24-19-16(20(30)25-21)11-22-27(19)4/h5-9,11-12H,10H2,1-4H3,(H,23,29)(H,24,25,30). The number of nitrogens with zero attached hydrogens (tertiary/aromatic N) is 5. The third kappa shape index (κ3) is 4.53. The predicted molar refractivity (Wildman–Crippen MR) is 121 cm³/mol. The molecule has 0 spiro atoms. The normalized spacial score (nSPS) is 11.4. The molecule has 10 heteroatoms. The lowest BCUT2D eigenvalue weighted by atomic mass is 10.1. The first-order chi connectivity index (χ1) is 14.8. The van der Waals surface area contributed by atoms with Crippen LogP contribution in [0.25, 0.3) is 17.0 Å². The first kappa shape index (κ1) is 20.9. The predicted octanol–water partition coefficient (Wildman–Crippen LogP) is 2.83. The molecule has 3 heterocycles. The summed E-state index contributed by atoms with van der Waals surface area (Å²) < 4.78 is 2.94. The number of hydrogen-bond donors (Lipinski definition) is 2. The van der Waals surface area contributed by atoms with Gasteiger partial charge in [-0.1, -0.05) is 26.0 Å². The molecule has 4 aromatic rings. The fourth-order valence-corrected chi connectivity index (χ4v) is 4.04. The molecule has 31 heavy (non-hydrogen) atoms. The molecular weight excluding hydrogens is 414 g/mol. The SMILES string of the molecule is Cc1cc(NC(=O)Cc2ccc(SC(C)C)cc2)n(-c2nc3c(cnn3C)c(=O)[nH]2)n1. The maximum atomic E-state index is 12.7. The van der Waals surface area contributed by atoms with Crippen molar-refractivity contribution in [1.29, 1.82) is 0 Å². The van der Waals surface area contributed by atoms with Gasteiger partial charge in [-0.25, -0.2) is 0 Å². The van der Waals surface area contributed by atoms with Crippen molar-refractivity contribution in [2.75, 3.05) is 5.32 Å². The zero-order valence-electron chi connectivity index (χ0n) is 17.7. The molecule has 2 N–H and O–H groups in total. The average Bonchev–Trinajstić information content (AvgIpc) is 3.26. The van der Waals surface area contributed by atoms with Gasteiger partial charge in [-0.15, -0.1) is 11.8 Å². The summed E-state index contributed by atoms with van der Waals surface area (Å²) in [7, 11) is 1.71. The van der Waals surface area contributed by atoms with E-state index in [0.717, 1.165) is 5.56 Å². The quantitative estimate of drug-likeness (QED) is 0.449. The number of aromatic nitrogens is 6. The molecule has 0 aliphatic rings. The van der Waals surface area contributed by atoms with Gasteiger partial charge < -0.3 is 5.32 Å². The highest BCUT2D eigenvalue weighted by Gasteiger charge is 2.16. The monoisotopic (exact) mass is 437 g/mol. The first-order valence-corrected chi connectivity index (χ1v) is 10.7. The summed E-state index contributed by atoms with van der Waals surface area (Å²) in [5, 5.41) is 12.2. The fraction of sp³-hybridized carbons (Fsp3) is 0.286. The smallest absolute Gasteiger partial charge is 0.263 e. The molecule has 0 radical (unpaired) electrons. The molecule has 0 fully saturated rings. The number of carbonyl (C=O) groups is 1. The number of benzene rings is 1. The van der Waals surface area contributed by atoms with Gasteiger partial charge in [0.05, 0.1) is 18.3 Å². The average molecular weight is 438 g/mol. The van der Waals surface area contributed by atoms with E-state index >= 15 is 0 Å². The van der Waals surface area contributed by atoms with E-state index in [9.17, 15) is 9.59 Å². The van der Waals surface area contributed by atoms with Gasteiger partial charge in [0.1, 0.15) is 11.2 Å². The zero-order valence-corrected chi connectivity index (χ0v) is 18.5. The lowest BCUT2D eigenvalue weighted by molar-refractivity contribution is -0.115. The van der Waals surface area contributed by atoms with Crippen LogP contribution < -0.4 is 10.9 Å². The molecule has 1 aromatic carbocycles. The maximum absolute atomic E-state index is 12.7. The Bertz CT molecular complexity index is 1300. The van der Waals surface area contributed by atoms with E-state index in [4.69, 9.17) is 0 Å². The van der Waals surface area contributed by atoms with Crippen molar-refractivity contribution in [1.82, 2.24) is 29.5 Å². The van der Waals surface area contributed by atoms with Crippen LogP contribution in [0, 0.1) is 6.92 Å². The van der Waals surface area contributed by atoms with Crippen LogP contribution in [-0.2, 0) is 18.3 Å². The third-order valence-electron chi connectivity index (χ3n) is 4.55. The van der Waals surface area contributed by atoms with Crippen LogP contribution in [0.2, 0.25) is 0 Å². The number of aryl methyl sites for hydroxylation is 2. The number of anilines is 1. The molecule has 1 amide bonds. The summed E-state index contributed by atoms with van der Waals surface area (Å²) in [6.45, 7) is 6.09. The molecular formula is C21H23N7O2S. The second-order valence-electron chi connectivity index (χ2n) is 7.51. The Hall–Kier alpha value is -3.40. The molecule has 0 aliphatic carbocycles. The molecule has 0 saturated carbocycles. The van der Waals surface area contributed by atoms with E-state index in [2.05, 4.69) is 39.3 Å². The Morgan fingerprint density at radius 1 is 1.26 bits per heavy atom. The van der Waals surface area contributed by atoms with Crippen LogP contribution >= 0.6 is 11.8 Å². The minimum absolute atomic E-state index is 0.186. The Morgan fingerprint density at radius 2 is 2.00 bits per heavy atom. The molecule has 0 saturated heterocycles. The fourth-order valence-electron chi connectivity index (χ4n) is 3.20. The maximum Gasteiger partial charge on any atom is 0.263 e. The van der Waals surface area contributed by atoms with Crippen LogP contribution in [-0.4, -0.2) is 40.7 Å². The van der Waals surface area contributed by atoms with Gasteiger partial charge in [0, 0.05) is 23.3 Å². The minimum Gasteiger partial charge on any atom is -0.310 e. The number of thioether (sulfide) groups is 1. The van der Waals surface area contributed by atoms with Gasteiger partial charge in [-0.3, -0.25) is 19.3 Å². The minimum atomic E-state index is -0.321. The van der Waals surface area contributed by atoms with Crippen LogP contribution in [0.5, 0.6) is 0 Å². The van der Waals surface area contributed by atoms with Crippen molar-refractivity contribution in [2.45, 2.75) is 37.3 Å². The van der Waals surface area contributed by atoms with E-state index < -0.39 is 0 Å². The summed E-state index contributed by atoms with van der Waals surface area (Å²) in [5.41, 5.74) is 1.70. The highest BCUT2D eigenvalue weighted by Crippen LogP contribution is 2.23. The van der Waals surface area contributed by atoms with Gasteiger partial charge in [0.25, 0.3) is 5.56 Å². The zero-order chi connectivity index (χ0) is 22.1. The van der Waals surface area contributed by atoms with E-state index in [1.165, 1.54) is 20.5 Å². The Kier molecular flexibility index (Phi) is 5.64. The molecule has 160 valence electrons. The highest BCUT2D eigenvalue weighted by molar-refractivity contribution is 7.99. The van der Waals surface area contributed by atoms with E-state index in [0.29, 0.717) is 27.8 Å². The van der Waals surface area contributed by atoms with Crippen molar-refractivity contribution < 1.29 is 4.79 Å². The van der Waals surface area contributed by atoms with Gasteiger partial charge >= 0.3 is 0 Å². The number of nitrogens with one attached hydrogen (secondary N) is 2.